The zero-order valence-corrected chi connectivity index (χ0v) is 13.4. The van der Waals surface area contributed by atoms with Gasteiger partial charge < -0.3 is 14.9 Å². The highest BCUT2D eigenvalue weighted by molar-refractivity contribution is 5.89. The number of nitrogens with zero attached hydrogens (tertiary/aromatic N) is 2. The number of amides is 2. The minimum Gasteiger partial charge on any atom is -0.396 e. The van der Waals surface area contributed by atoms with Crippen molar-refractivity contribution in [2.45, 2.75) is 57.4 Å². The number of hydrogen-bond acceptors (Lipinski definition) is 3. The Bertz CT molecular complexity index is 420. The highest BCUT2D eigenvalue weighted by atomic mass is 16.3. The molecule has 0 aromatic heterocycles. The Morgan fingerprint density at radius 3 is 2.59 bits per heavy atom. The maximum absolute atomic E-state index is 12.7. The van der Waals surface area contributed by atoms with Gasteiger partial charge in [0, 0.05) is 38.7 Å². The van der Waals surface area contributed by atoms with Crippen LogP contribution in [0.2, 0.25) is 0 Å². The third-order valence-electron chi connectivity index (χ3n) is 5.61. The van der Waals surface area contributed by atoms with Crippen molar-refractivity contribution in [1.82, 2.24) is 9.80 Å². The number of carbonyl (C=O) groups excluding carboxylic acids is 2. The van der Waals surface area contributed by atoms with Crippen molar-refractivity contribution in [3.05, 3.63) is 0 Å². The fraction of sp³-hybridized carbons (Fsp3) is 0.882. The van der Waals surface area contributed by atoms with Crippen molar-refractivity contribution in [3.8, 4) is 0 Å². The lowest BCUT2D eigenvalue weighted by atomic mass is 9.94. The summed E-state index contributed by atoms with van der Waals surface area (Å²) in [5, 5.41) is 9.31. The van der Waals surface area contributed by atoms with Gasteiger partial charge in [0.15, 0.2) is 0 Å². The van der Waals surface area contributed by atoms with Gasteiger partial charge >= 0.3 is 0 Å². The average molecular weight is 308 g/mol. The molecule has 124 valence electrons. The number of rotatable bonds is 3. The molecule has 3 fully saturated rings. The third kappa shape index (κ3) is 3.29. The van der Waals surface area contributed by atoms with Crippen molar-refractivity contribution in [3.63, 3.8) is 0 Å². The lowest BCUT2D eigenvalue weighted by molar-refractivity contribution is -0.137. The number of carbonyl (C=O) groups is 2. The highest BCUT2D eigenvalue weighted by Crippen LogP contribution is 2.30. The van der Waals surface area contributed by atoms with E-state index in [1.807, 2.05) is 9.80 Å². The van der Waals surface area contributed by atoms with Gasteiger partial charge in [-0.25, -0.2) is 0 Å². The Hall–Kier alpha value is -1.10. The second-order valence-corrected chi connectivity index (χ2v) is 7.21. The van der Waals surface area contributed by atoms with Crippen LogP contribution in [0.25, 0.3) is 0 Å². The summed E-state index contributed by atoms with van der Waals surface area (Å²) in [4.78, 5) is 28.9. The summed E-state index contributed by atoms with van der Waals surface area (Å²) in [5.41, 5.74) is 0. The Balaban J connectivity index is 1.58. The van der Waals surface area contributed by atoms with Crippen LogP contribution in [0.15, 0.2) is 0 Å². The molecule has 0 radical (unpaired) electrons. The Morgan fingerprint density at radius 2 is 1.86 bits per heavy atom. The van der Waals surface area contributed by atoms with Gasteiger partial charge in [-0.05, 0) is 31.6 Å². The minimum atomic E-state index is -0.160. The molecular weight excluding hydrogens is 280 g/mol. The molecule has 1 N–H and O–H groups in total. The molecule has 0 spiro atoms. The van der Waals surface area contributed by atoms with E-state index in [2.05, 4.69) is 0 Å². The molecule has 2 unspecified atom stereocenters. The number of piperidine rings is 1. The molecule has 5 heteroatoms. The van der Waals surface area contributed by atoms with E-state index in [9.17, 15) is 14.7 Å². The minimum absolute atomic E-state index is 0.129. The zero-order valence-electron chi connectivity index (χ0n) is 13.4. The molecule has 2 aliphatic heterocycles. The van der Waals surface area contributed by atoms with Gasteiger partial charge in [-0.3, -0.25) is 9.59 Å². The smallest absolute Gasteiger partial charge is 0.228 e. The fourth-order valence-corrected chi connectivity index (χ4v) is 4.32. The normalized spacial score (nSPS) is 30.9. The molecule has 0 aromatic rings. The number of hydrogen-bond donors (Lipinski definition) is 1. The number of aliphatic hydroxyl groups is 1. The molecule has 5 nitrogen and oxygen atoms in total. The van der Waals surface area contributed by atoms with Gasteiger partial charge in [0.05, 0.1) is 5.92 Å². The molecule has 2 atom stereocenters. The first-order chi connectivity index (χ1) is 10.7. The topological polar surface area (TPSA) is 60.9 Å². The predicted molar refractivity (Wildman–Crippen MR) is 83.1 cm³/mol. The summed E-state index contributed by atoms with van der Waals surface area (Å²) in [6.45, 7) is 2.21. The predicted octanol–water partition coefficient (Wildman–Crippen LogP) is 1.40. The van der Waals surface area contributed by atoms with Crippen molar-refractivity contribution >= 4 is 11.8 Å². The molecule has 2 amide bonds. The van der Waals surface area contributed by atoms with E-state index < -0.39 is 0 Å². The van der Waals surface area contributed by atoms with E-state index >= 15 is 0 Å². The molecule has 2 saturated heterocycles. The van der Waals surface area contributed by atoms with E-state index in [0.717, 1.165) is 32.2 Å². The van der Waals surface area contributed by atoms with Crippen molar-refractivity contribution < 1.29 is 14.7 Å². The lowest BCUT2D eigenvalue weighted by Gasteiger charge is -2.34. The Labute approximate surface area is 132 Å². The second-order valence-electron chi connectivity index (χ2n) is 7.21. The maximum Gasteiger partial charge on any atom is 0.228 e. The maximum atomic E-state index is 12.7. The van der Waals surface area contributed by atoms with Gasteiger partial charge in [0.25, 0.3) is 0 Å². The third-order valence-corrected chi connectivity index (χ3v) is 5.61. The van der Waals surface area contributed by atoms with Crippen LogP contribution in [0.3, 0.4) is 0 Å². The Morgan fingerprint density at radius 1 is 1.09 bits per heavy atom. The highest BCUT2D eigenvalue weighted by Gasteiger charge is 2.40. The largest absolute Gasteiger partial charge is 0.396 e. The Kier molecular flexibility index (Phi) is 5.01. The van der Waals surface area contributed by atoms with Gasteiger partial charge in [-0.2, -0.15) is 0 Å². The van der Waals surface area contributed by atoms with E-state index in [4.69, 9.17) is 0 Å². The molecule has 0 bridgehead atoms. The fourth-order valence-electron chi connectivity index (χ4n) is 4.32. The van der Waals surface area contributed by atoms with E-state index in [-0.39, 0.29) is 30.3 Å². The van der Waals surface area contributed by atoms with Crippen LogP contribution in [0.5, 0.6) is 0 Å². The van der Waals surface area contributed by atoms with Gasteiger partial charge in [-0.1, -0.05) is 19.3 Å². The SMILES string of the molecule is O=C(C1CC(=O)N(C2CCCCC2)C1)N1CCCC(CO)C1. The summed E-state index contributed by atoms with van der Waals surface area (Å²) in [6, 6.07) is 0.366. The summed E-state index contributed by atoms with van der Waals surface area (Å²) in [5.74, 6) is 0.349. The summed E-state index contributed by atoms with van der Waals surface area (Å²) < 4.78 is 0. The quantitative estimate of drug-likeness (QED) is 0.857. The first-order valence-corrected chi connectivity index (χ1v) is 8.88. The van der Waals surface area contributed by atoms with Crippen molar-refractivity contribution in [2.75, 3.05) is 26.2 Å². The van der Waals surface area contributed by atoms with Crippen LogP contribution in [0.1, 0.15) is 51.4 Å². The molecule has 3 rings (SSSR count). The van der Waals surface area contributed by atoms with Crippen LogP contribution in [0.4, 0.5) is 0 Å². The van der Waals surface area contributed by atoms with E-state index in [1.54, 1.807) is 0 Å². The molecule has 22 heavy (non-hydrogen) atoms. The molecular formula is C17H28N2O3. The first-order valence-electron chi connectivity index (χ1n) is 8.88. The molecule has 2 heterocycles. The molecule has 1 aliphatic carbocycles. The summed E-state index contributed by atoms with van der Waals surface area (Å²) in [7, 11) is 0. The van der Waals surface area contributed by atoms with Gasteiger partial charge in [0.1, 0.15) is 0 Å². The second kappa shape index (κ2) is 6.99. The monoisotopic (exact) mass is 308 g/mol. The van der Waals surface area contributed by atoms with Crippen molar-refractivity contribution in [1.29, 1.82) is 0 Å². The molecule has 0 aromatic carbocycles. The van der Waals surface area contributed by atoms with Crippen LogP contribution >= 0.6 is 0 Å². The van der Waals surface area contributed by atoms with E-state index in [0.29, 0.717) is 25.6 Å². The average Bonchev–Trinajstić information content (AvgIpc) is 2.97. The summed E-state index contributed by atoms with van der Waals surface area (Å²) in [6.07, 6.45) is 8.23. The lowest BCUT2D eigenvalue weighted by Crippen LogP contribution is -2.45. The first kappa shape index (κ1) is 15.8. The van der Waals surface area contributed by atoms with Crippen LogP contribution < -0.4 is 0 Å². The van der Waals surface area contributed by atoms with Crippen LogP contribution in [-0.2, 0) is 9.59 Å². The van der Waals surface area contributed by atoms with E-state index in [1.165, 1.54) is 19.3 Å². The molecule has 1 saturated carbocycles. The van der Waals surface area contributed by atoms with Gasteiger partial charge in [0.2, 0.25) is 11.8 Å². The zero-order chi connectivity index (χ0) is 15.5. The number of aliphatic hydroxyl groups excluding tert-OH is 1. The van der Waals surface area contributed by atoms with Crippen molar-refractivity contribution in [2.24, 2.45) is 11.8 Å². The van der Waals surface area contributed by atoms with Crippen LogP contribution in [-0.4, -0.2) is 59.0 Å². The van der Waals surface area contributed by atoms with Gasteiger partial charge in [-0.15, -0.1) is 0 Å². The number of likely N-dealkylation sites (tertiary alicyclic amines) is 2. The standard InChI is InChI=1S/C17H28N2O3/c20-12-13-5-4-8-18(10-13)17(22)14-9-16(21)19(11-14)15-6-2-1-3-7-15/h13-15,20H,1-12H2. The summed E-state index contributed by atoms with van der Waals surface area (Å²) >= 11 is 0. The van der Waals surface area contributed by atoms with Crippen LogP contribution in [0, 0.1) is 11.8 Å². The molecule has 3 aliphatic rings.